The van der Waals surface area contributed by atoms with Gasteiger partial charge in [0, 0.05) is 26.7 Å². The van der Waals surface area contributed by atoms with Crippen LogP contribution in [-0.2, 0) is 6.54 Å². The second-order valence-corrected chi connectivity index (χ2v) is 5.24. The zero-order chi connectivity index (χ0) is 12.5. The van der Waals surface area contributed by atoms with Crippen molar-refractivity contribution in [3.05, 3.63) is 41.2 Å². The highest BCUT2D eigenvalue weighted by Gasteiger charge is 2.12. The second-order valence-electron chi connectivity index (χ2n) is 4.33. The Morgan fingerprint density at radius 3 is 3.00 bits per heavy atom. The average Bonchev–Trinajstić information content (AvgIpc) is 2.93. The van der Waals surface area contributed by atoms with E-state index in [1.807, 2.05) is 7.05 Å². The minimum atomic E-state index is 0.767. The Kier molecular flexibility index (Phi) is 2.89. The van der Waals surface area contributed by atoms with Crippen molar-refractivity contribution in [2.24, 2.45) is 0 Å². The Bertz CT molecular complexity index is 681. The molecule has 0 unspecified atom stereocenters. The van der Waals surface area contributed by atoms with E-state index in [0.29, 0.717) is 0 Å². The summed E-state index contributed by atoms with van der Waals surface area (Å²) < 4.78 is 1.31. The molecule has 0 fully saturated rings. The van der Waals surface area contributed by atoms with Crippen LogP contribution in [0.4, 0.5) is 0 Å². The Hall–Kier alpha value is -1.65. The molecule has 4 heteroatoms. The number of rotatable bonds is 3. The zero-order valence-electron chi connectivity index (χ0n) is 10.4. The van der Waals surface area contributed by atoms with Crippen LogP contribution in [-0.4, -0.2) is 17.0 Å². The fraction of sp³-hybridized carbons (Fsp3) is 0.214. The van der Waals surface area contributed by atoms with E-state index in [4.69, 9.17) is 0 Å². The van der Waals surface area contributed by atoms with Crippen LogP contribution >= 0.6 is 11.3 Å². The smallest absolute Gasteiger partial charge is 0.121 e. The van der Waals surface area contributed by atoms with E-state index in [0.717, 1.165) is 23.8 Å². The van der Waals surface area contributed by atoms with Gasteiger partial charge in [-0.05, 0) is 20.0 Å². The predicted octanol–water partition coefficient (Wildman–Crippen LogP) is 3.32. The summed E-state index contributed by atoms with van der Waals surface area (Å²) in [5.41, 5.74) is 3.42. The van der Waals surface area contributed by atoms with Crippen LogP contribution in [0.2, 0.25) is 0 Å². The van der Waals surface area contributed by atoms with Gasteiger partial charge in [-0.15, -0.1) is 11.3 Å². The van der Waals surface area contributed by atoms with Crippen LogP contribution in [0.25, 0.3) is 21.3 Å². The average molecular weight is 257 g/mol. The number of imidazole rings is 1. The lowest BCUT2D eigenvalue weighted by Crippen LogP contribution is -2.06. The molecule has 0 aliphatic carbocycles. The van der Waals surface area contributed by atoms with Crippen molar-refractivity contribution < 1.29 is 0 Å². The third-order valence-corrected chi connectivity index (χ3v) is 3.98. The SMILES string of the molecule is CNCc1nc(-c2csc3ccccc23)c(C)[nH]1. The van der Waals surface area contributed by atoms with Crippen LogP contribution in [0.5, 0.6) is 0 Å². The topological polar surface area (TPSA) is 40.7 Å². The lowest BCUT2D eigenvalue weighted by atomic mass is 10.1. The first-order valence-corrected chi connectivity index (χ1v) is 6.84. The van der Waals surface area contributed by atoms with Crippen LogP contribution < -0.4 is 5.32 Å². The van der Waals surface area contributed by atoms with E-state index in [9.17, 15) is 0 Å². The lowest BCUT2D eigenvalue weighted by molar-refractivity contribution is 0.771. The molecule has 0 saturated carbocycles. The summed E-state index contributed by atoms with van der Waals surface area (Å²) >= 11 is 1.77. The highest BCUT2D eigenvalue weighted by Crippen LogP contribution is 2.34. The molecule has 18 heavy (non-hydrogen) atoms. The number of benzene rings is 1. The molecule has 2 N–H and O–H groups in total. The molecular formula is C14H15N3S. The van der Waals surface area contributed by atoms with Crippen LogP contribution in [0.3, 0.4) is 0 Å². The Labute approximate surface area is 110 Å². The second kappa shape index (κ2) is 4.55. The molecule has 0 spiro atoms. The molecule has 3 nitrogen and oxygen atoms in total. The van der Waals surface area contributed by atoms with Gasteiger partial charge in [0.25, 0.3) is 0 Å². The number of hydrogen-bond acceptors (Lipinski definition) is 3. The summed E-state index contributed by atoms with van der Waals surface area (Å²) in [6, 6.07) is 8.47. The summed E-state index contributed by atoms with van der Waals surface area (Å²) in [4.78, 5) is 8.01. The highest BCUT2D eigenvalue weighted by molar-refractivity contribution is 7.17. The number of hydrogen-bond donors (Lipinski definition) is 2. The monoisotopic (exact) mass is 257 g/mol. The summed E-state index contributed by atoms with van der Waals surface area (Å²) in [6.07, 6.45) is 0. The molecule has 0 aliphatic rings. The number of nitrogens with zero attached hydrogens (tertiary/aromatic N) is 1. The first-order valence-electron chi connectivity index (χ1n) is 5.96. The number of H-pyrrole nitrogens is 1. The lowest BCUT2D eigenvalue weighted by Gasteiger charge is -1.96. The molecule has 3 aromatic rings. The first-order chi connectivity index (χ1) is 8.79. The number of fused-ring (bicyclic) bond motifs is 1. The number of aryl methyl sites for hydroxylation is 1. The van der Waals surface area contributed by atoms with Gasteiger partial charge in [0.1, 0.15) is 5.82 Å². The van der Waals surface area contributed by atoms with E-state index in [1.165, 1.54) is 15.6 Å². The molecule has 0 aliphatic heterocycles. The molecule has 0 bridgehead atoms. The van der Waals surface area contributed by atoms with Crippen molar-refractivity contribution in [2.75, 3.05) is 7.05 Å². The quantitative estimate of drug-likeness (QED) is 0.755. The van der Waals surface area contributed by atoms with Crippen molar-refractivity contribution >= 4 is 21.4 Å². The molecule has 2 aromatic heterocycles. The summed E-state index contributed by atoms with van der Waals surface area (Å²) in [5, 5.41) is 6.59. The van der Waals surface area contributed by atoms with Gasteiger partial charge in [0.2, 0.25) is 0 Å². The summed E-state index contributed by atoms with van der Waals surface area (Å²) in [7, 11) is 1.93. The Balaban J connectivity index is 2.14. The van der Waals surface area contributed by atoms with E-state index in [2.05, 4.69) is 51.9 Å². The standard InChI is InChI=1S/C14H15N3S/c1-9-14(17-13(16-9)7-15-2)11-8-18-12-6-4-3-5-10(11)12/h3-6,8,15H,7H2,1-2H3,(H,16,17). The number of aromatic nitrogens is 2. The molecule has 2 heterocycles. The molecule has 0 amide bonds. The van der Waals surface area contributed by atoms with Gasteiger partial charge in [0.15, 0.2) is 0 Å². The fourth-order valence-electron chi connectivity index (χ4n) is 2.20. The maximum atomic E-state index is 4.68. The van der Waals surface area contributed by atoms with Crippen LogP contribution in [0.1, 0.15) is 11.5 Å². The van der Waals surface area contributed by atoms with Gasteiger partial charge < -0.3 is 10.3 Å². The minimum Gasteiger partial charge on any atom is -0.344 e. The van der Waals surface area contributed by atoms with Gasteiger partial charge in [-0.3, -0.25) is 0 Å². The normalized spacial score (nSPS) is 11.2. The van der Waals surface area contributed by atoms with Crippen molar-refractivity contribution in [3.8, 4) is 11.3 Å². The van der Waals surface area contributed by atoms with Crippen molar-refractivity contribution in [3.63, 3.8) is 0 Å². The van der Waals surface area contributed by atoms with Crippen LogP contribution in [0.15, 0.2) is 29.6 Å². The van der Waals surface area contributed by atoms with E-state index in [-0.39, 0.29) is 0 Å². The number of aromatic amines is 1. The van der Waals surface area contributed by atoms with Crippen molar-refractivity contribution in [1.29, 1.82) is 0 Å². The third-order valence-electron chi connectivity index (χ3n) is 3.01. The van der Waals surface area contributed by atoms with Gasteiger partial charge >= 0.3 is 0 Å². The molecular weight excluding hydrogens is 242 g/mol. The van der Waals surface area contributed by atoms with Gasteiger partial charge in [-0.25, -0.2) is 4.98 Å². The molecule has 1 aromatic carbocycles. The van der Waals surface area contributed by atoms with Crippen molar-refractivity contribution in [1.82, 2.24) is 15.3 Å². The molecule has 3 rings (SSSR count). The van der Waals surface area contributed by atoms with Gasteiger partial charge in [-0.2, -0.15) is 0 Å². The third kappa shape index (κ3) is 1.83. The summed E-state index contributed by atoms with van der Waals surface area (Å²) in [5.74, 6) is 0.986. The molecule has 0 radical (unpaired) electrons. The minimum absolute atomic E-state index is 0.767. The fourth-order valence-corrected chi connectivity index (χ4v) is 3.14. The Morgan fingerprint density at radius 1 is 1.33 bits per heavy atom. The molecule has 0 saturated heterocycles. The maximum absolute atomic E-state index is 4.68. The van der Waals surface area contributed by atoms with E-state index in [1.54, 1.807) is 11.3 Å². The van der Waals surface area contributed by atoms with E-state index < -0.39 is 0 Å². The molecule has 92 valence electrons. The molecule has 0 atom stereocenters. The largest absolute Gasteiger partial charge is 0.344 e. The Morgan fingerprint density at radius 2 is 2.17 bits per heavy atom. The van der Waals surface area contributed by atoms with Crippen LogP contribution in [0, 0.1) is 6.92 Å². The first kappa shape index (κ1) is 11.4. The van der Waals surface area contributed by atoms with E-state index >= 15 is 0 Å². The number of thiophene rings is 1. The van der Waals surface area contributed by atoms with Crippen molar-refractivity contribution in [2.45, 2.75) is 13.5 Å². The van der Waals surface area contributed by atoms with Gasteiger partial charge in [0.05, 0.1) is 12.2 Å². The predicted molar refractivity (Wildman–Crippen MR) is 76.9 cm³/mol. The summed E-state index contributed by atoms with van der Waals surface area (Å²) in [6.45, 7) is 2.84. The van der Waals surface area contributed by atoms with Gasteiger partial charge in [-0.1, -0.05) is 18.2 Å². The highest BCUT2D eigenvalue weighted by atomic mass is 32.1. The zero-order valence-corrected chi connectivity index (χ0v) is 11.3. The number of nitrogens with one attached hydrogen (secondary N) is 2. The maximum Gasteiger partial charge on any atom is 0.121 e.